The minimum absolute atomic E-state index is 0.0184. The van der Waals surface area contributed by atoms with Gasteiger partial charge in [-0.15, -0.1) is 0 Å². The van der Waals surface area contributed by atoms with Gasteiger partial charge in [-0.05, 0) is 18.9 Å². The largest absolute Gasteiger partial charge is 0.285 e. The zero-order chi connectivity index (χ0) is 11.6. The summed E-state index contributed by atoms with van der Waals surface area (Å²) in [5.41, 5.74) is 0.675. The predicted molar refractivity (Wildman–Crippen MR) is 62.5 cm³/mol. The molecular formula is C9H19O3SSi. The van der Waals surface area contributed by atoms with Gasteiger partial charge in [-0.1, -0.05) is 32.4 Å². The van der Waals surface area contributed by atoms with E-state index in [2.05, 4.69) is 0 Å². The normalized spacial score (nSPS) is 15.8. The molecule has 14 heavy (non-hydrogen) atoms. The van der Waals surface area contributed by atoms with Gasteiger partial charge >= 0.3 is 0 Å². The van der Waals surface area contributed by atoms with E-state index in [0.29, 0.717) is 5.57 Å². The first-order valence-electron chi connectivity index (χ1n) is 4.54. The molecule has 1 radical (unpaired) electrons. The van der Waals surface area contributed by atoms with E-state index in [1.807, 2.05) is 20.8 Å². The molecule has 0 aromatic carbocycles. The van der Waals surface area contributed by atoms with Crippen molar-refractivity contribution < 1.29 is 13.0 Å². The van der Waals surface area contributed by atoms with Crippen LogP contribution in [0, 0.1) is 4.87 Å². The average Bonchev–Trinajstić information content (AvgIpc) is 1.95. The van der Waals surface area contributed by atoms with Gasteiger partial charge in [0.15, 0.2) is 0 Å². The number of hydrogen-bond acceptors (Lipinski definition) is 2. The van der Waals surface area contributed by atoms with Crippen molar-refractivity contribution >= 4 is 19.6 Å². The minimum atomic E-state index is -4.00. The molecule has 0 aliphatic rings. The molecule has 3 nitrogen and oxygen atoms in total. The van der Waals surface area contributed by atoms with E-state index in [0.717, 1.165) is 0 Å². The molecule has 0 heterocycles. The van der Waals surface area contributed by atoms with Crippen LogP contribution < -0.4 is 0 Å². The first-order chi connectivity index (χ1) is 6.08. The van der Waals surface area contributed by atoms with Crippen molar-refractivity contribution in [2.45, 2.75) is 39.7 Å². The zero-order valence-corrected chi connectivity index (χ0v) is 11.7. The van der Waals surface area contributed by atoms with E-state index < -0.39 is 19.6 Å². The maximum absolute atomic E-state index is 11.1. The van der Waals surface area contributed by atoms with E-state index in [1.54, 1.807) is 19.9 Å². The van der Waals surface area contributed by atoms with E-state index in [4.69, 9.17) is 4.55 Å². The zero-order valence-electron chi connectivity index (χ0n) is 9.46. The molecule has 0 aromatic heterocycles. The van der Waals surface area contributed by atoms with Crippen LogP contribution in [0.3, 0.4) is 0 Å². The van der Waals surface area contributed by atoms with Gasteiger partial charge < -0.3 is 0 Å². The highest BCUT2D eigenvalue weighted by molar-refractivity contribution is 7.90. The first-order valence-corrected chi connectivity index (χ1v) is 7.40. The van der Waals surface area contributed by atoms with Crippen LogP contribution in [0.15, 0.2) is 11.6 Å². The third kappa shape index (κ3) is 4.93. The lowest BCUT2D eigenvalue weighted by Gasteiger charge is -2.22. The Balaban J connectivity index is 4.97. The summed E-state index contributed by atoms with van der Waals surface area (Å²) in [5, 5.41) is -0.0184. The van der Waals surface area contributed by atoms with E-state index in [-0.39, 0.29) is 9.91 Å². The number of allylic oxidation sites excluding steroid dienone is 1. The summed E-state index contributed by atoms with van der Waals surface area (Å²) >= 11 is 0. The number of hydrogen-bond donors (Lipinski definition) is 1. The lowest BCUT2D eigenvalue weighted by atomic mass is 10.2. The SMILES string of the molecule is CC=C(C)[C]([SiH2]C(C)(C)C)S(=O)(=O)O. The molecule has 0 bridgehead atoms. The van der Waals surface area contributed by atoms with Crippen molar-refractivity contribution in [1.29, 1.82) is 0 Å². The van der Waals surface area contributed by atoms with Gasteiger partial charge in [-0.25, -0.2) is 0 Å². The summed E-state index contributed by atoms with van der Waals surface area (Å²) in [5.74, 6) is 0. The molecule has 83 valence electrons. The second-order valence-corrected chi connectivity index (χ2v) is 9.74. The Morgan fingerprint density at radius 3 is 2.00 bits per heavy atom. The Kier molecular flexibility index (Phi) is 4.55. The molecular weight excluding hydrogens is 216 g/mol. The predicted octanol–water partition coefficient (Wildman–Crippen LogP) is 1.72. The van der Waals surface area contributed by atoms with Crippen LogP contribution in [-0.4, -0.2) is 22.5 Å². The van der Waals surface area contributed by atoms with Crippen LogP contribution in [0.4, 0.5) is 0 Å². The molecule has 0 rings (SSSR count). The number of rotatable bonds is 3. The lowest BCUT2D eigenvalue weighted by molar-refractivity contribution is 0.488. The Hall–Kier alpha value is -0.133. The summed E-state index contributed by atoms with van der Waals surface area (Å²) in [6.07, 6.45) is 1.72. The van der Waals surface area contributed by atoms with Crippen LogP contribution >= 0.6 is 0 Å². The van der Waals surface area contributed by atoms with Crippen molar-refractivity contribution in [3.63, 3.8) is 0 Å². The first kappa shape index (κ1) is 13.9. The molecule has 0 aliphatic carbocycles. The lowest BCUT2D eigenvalue weighted by Crippen LogP contribution is -2.25. The maximum Gasteiger partial charge on any atom is 0.272 e. The maximum atomic E-state index is 11.1. The molecule has 1 N–H and O–H groups in total. The van der Waals surface area contributed by atoms with Gasteiger partial charge in [0.2, 0.25) is 0 Å². The van der Waals surface area contributed by atoms with E-state index >= 15 is 0 Å². The molecule has 0 saturated carbocycles. The topological polar surface area (TPSA) is 54.4 Å². The smallest absolute Gasteiger partial charge is 0.272 e. The van der Waals surface area contributed by atoms with Crippen molar-refractivity contribution in [1.82, 2.24) is 0 Å². The fourth-order valence-electron chi connectivity index (χ4n) is 1.08. The van der Waals surface area contributed by atoms with Crippen molar-refractivity contribution in [3.8, 4) is 0 Å². The third-order valence-electron chi connectivity index (χ3n) is 1.88. The van der Waals surface area contributed by atoms with Crippen molar-refractivity contribution in [2.24, 2.45) is 0 Å². The summed E-state index contributed by atoms with van der Waals surface area (Å²) < 4.78 is 31.3. The van der Waals surface area contributed by atoms with Crippen molar-refractivity contribution in [2.75, 3.05) is 0 Å². The van der Waals surface area contributed by atoms with Crippen LogP contribution in [0.2, 0.25) is 5.04 Å². The monoisotopic (exact) mass is 235 g/mol. The molecule has 0 amide bonds. The molecule has 0 atom stereocenters. The van der Waals surface area contributed by atoms with Gasteiger partial charge in [0.25, 0.3) is 10.1 Å². The molecule has 0 spiro atoms. The van der Waals surface area contributed by atoms with E-state index in [9.17, 15) is 8.42 Å². The van der Waals surface area contributed by atoms with Gasteiger partial charge in [0.1, 0.15) is 4.87 Å². The Labute approximate surface area is 89.2 Å². The van der Waals surface area contributed by atoms with Gasteiger partial charge in [0.05, 0.1) is 9.52 Å². The Bertz CT molecular complexity index is 311. The molecule has 0 unspecified atom stereocenters. The van der Waals surface area contributed by atoms with Crippen LogP contribution in [-0.2, 0) is 10.1 Å². The Morgan fingerprint density at radius 2 is 1.79 bits per heavy atom. The molecule has 0 saturated heterocycles. The second-order valence-electron chi connectivity index (χ2n) is 4.61. The van der Waals surface area contributed by atoms with Crippen LogP contribution in [0.25, 0.3) is 0 Å². The second kappa shape index (κ2) is 4.59. The molecule has 5 heteroatoms. The fourth-order valence-corrected chi connectivity index (χ4v) is 5.08. The van der Waals surface area contributed by atoms with Gasteiger partial charge in [-0.2, -0.15) is 8.42 Å². The third-order valence-corrected chi connectivity index (χ3v) is 6.29. The highest BCUT2D eigenvalue weighted by atomic mass is 32.2. The molecule has 0 fully saturated rings. The fraction of sp³-hybridized carbons (Fsp3) is 0.667. The van der Waals surface area contributed by atoms with Crippen LogP contribution in [0.5, 0.6) is 0 Å². The highest BCUT2D eigenvalue weighted by Crippen LogP contribution is 2.30. The van der Waals surface area contributed by atoms with Gasteiger partial charge in [0, 0.05) is 0 Å². The molecule has 0 aromatic rings. The molecule has 0 aliphatic heterocycles. The standard InChI is InChI=1S/C9H19O3SSi/c1-6-7(2)8(13(10,11)12)14-9(3,4)5/h6H,14H2,1-5H3,(H,10,11,12). The quantitative estimate of drug-likeness (QED) is 0.598. The van der Waals surface area contributed by atoms with Gasteiger partial charge in [-0.3, -0.25) is 4.55 Å². The highest BCUT2D eigenvalue weighted by Gasteiger charge is 2.30. The summed E-state index contributed by atoms with van der Waals surface area (Å²) in [7, 11) is -4.99. The summed E-state index contributed by atoms with van der Waals surface area (Å²) in [6, 6.07) is 0. The summed E-state index contributed by atoms with van der Waals surface area (Å²) in [6.45, 7) is 9.48. The summed E-state index contributed by atoms with van der Waals surface area (Å²) in [4.78, 5) is 0.257. The minimum Gasteiger partial charge on any atom is -0.285 e. The average molecular weight is 235 g/mol. The van der Waals surface area contributed by atoms with Crippen LogP contribution in [0.1, 0.15) is 34.6 Å². The Morgan fingerprint density at radius 1 is 1.36 bits per heavy atom. The van der Waals surface area contributed by atoms with E-state index in [1.165, 1.54) is 0 Å². The van der Waals surface area contributed by atoms with Crippen molar-refractivity contribution in [3.05, 3.63) is 16.5 Å².